The normalized spacial score (nSPS) is 15.4. The van der Waals surface area contributed by atoms with Gasteiger partial charge in [-0.15, -0.1) is 10.2 Å². The highest BCUT2D eigenvalue weighted by Gasteiger charge is 2.01. The van der Waals surface area contributed by atoms with Crippen LogP contribution in [0.3, 0.4) is 0 Å². The molecule has 1 aliphatic heterocycles. The molecule has 9 heavy (non-hydrogen) atoms. The van der Waals surface area contributed by atoms with Gasteiger partial charge in [-0.05, 0) is 17.2 Å². The molecule has 0 atom stereocenters. The van der Waals surface area contributed by atoms with Gasteiger partial charge in [-0.2, -0.15) is 0 Å². The number of amidine groups is 1. The lowest BCUT2D eigenvalue weighted by Gasteiger charge is -1.88. The number of hydrogen-bond acceptors (Lipinski definition) is 3. The van der Waals surface area contributed by atoms with Crippen LogP contribution in [0.2, 0.25) is 0 Å². The van der Waals surface area contributed by atoms with Crippen molar-refractivity contribution in [2.24, 2.45) is 15.4 Å². The van der Waals surface area contributed by atoms with E-state index in [1.807, 2.05) is 0 Å². The van der Waals surface area contributed by atoms with Crippen LogP contribution < -0.4 is 5.53 Å². The molecule has 4 heteroatoms. The second-order valence-electron chi connectivity index (χ2n) is 1.90. The van der Waals surface area contributed by atoms with Crippen molar-refractivity contribution in [2.75, 3.05) is 0 Å². The van der Waals surface area contributed by atoms with Gasteiger partial charge in [0.2, 0.25) is 0 Å². The van der Waals surface area contributed by atoms with Crippen LogP contribution in [0, 0.1) is 0 Å². The van der Waals surface area contributed by atoms with Crippen molar-refractivity contribution in [1.82, 2.24) is 5.53 Å². The lowest BCUT2D eigenvalue weighted by Crippen LogP contribution is -1.89. The van der Waals surface area contributed by atoms with Gasteiger partial charge in [-0.3, -0.25) is 0 Å². The number of rotatable bonds is 3. The minimum Gasteiger partial charge on any atom is -0.111 e. The molecule has 0 aromatic heterocycles. The Morgan fingerprint density at radius 1 is 1.44 bits per heavy atom. The van der Waals surface area contributed by atoms with Gasteiger partial charge >= 0.3 is 0 Å². The number of unbranched alkanes of at least 4 members (excludes halogenated alkanes) is 1. The molecular formula is C5H9N4. The molecular weight excluding hydrogens is 116 g/mol. The smallest absolute Gasteiger partial charge is 0.111 e. The molecule has 49 valence electrons. The SMILES string of the molecule is CCCCC1=N[N]N=N1. The third-order valence-corrected chi connectivity index (χ3v) is 1.11. The van der Waals surface area contributed by atoms with Crippen molar-refractivity contribution in [2.45, 2.75) is 26.2 Å². The zero-order valence-electron chi connectivity index (χ0n) is 5.41. The van der Waals surface area contributed by atoms with Gasteiger partial charge in [-0.1, -0.05) is 13.3 Å². The molecule has 0 saturated heterocycles. The van der Waals surface area contributed by atoms with Gasteiger partial charge in [-0.25, -0.2) is 0 Å². The zero-order chi connectivity index (χ0) is 6.53. The van der Waals surface area contributed by atoms with E-state index in [-0.39, 0.29) is 0 Å². The molecule has 1 heterocycles. The van der Waals surface area contributed by atoms with E-state index in [0.29, 0.717) is 0 Å². The van der Waals surface area contributed by atoms with Crippen molar-refractivity contribution >= 4 is 5.84 Å². The van der Waals surface area contributed by atoms with Crippen LogP contribution in [0.5, 0.6) is 0 Å². The zero-order valence-corrected chi connectivity index (χ0v) is 5.41. The van der Waals surface area contributed by atoms with E-state index in [4.69, 9.17) is 0 Å². The van der Waals surface area contributed by atoms with Gasteiger partial charge in [0.05, 0.1) is 0 Å². The standard InChI is InChI=1S/C5H9N4/c1-2-3-4-5-6-8-9-7-5/h2-4H2,1H3. The maximum Gasteiger partial charge on any atom is 0.177 e. The first-order valence-corrected chi connectivity index (χ1v) is 3.11. The molecule has 0 aliphatic carbocycles. The van der Waals surface area contributed by atoms with E-state index >= 15 is 0 Å². The summed E-state index contributed by atoms with van der Waals surface area (Å²) in [6.07, 6.45) is 3.19. The Bertz CT molecular complexity index is 138. The minimum atomic E-state index is 0.761. The molecule has 0 spiro atoms. The monoisotopic (exact) mass is 125 g/mol. The first kappa shape index (κ1) is 6.19. The fraction of sp³-hybridized carbons (Fsp3) is 0.800. The predicted molar refractivity (Wildman–Crippen MR) is 33.9 cm³/mol. The van der Waals surface area contributed by atoms with E-state index in [1.54, 1.807) is 0 Å². The van der Waals surface area contributed by atoms with Crippen LogP contribution >= 0.6 is 0 Å². The Kier molecular flexibility index (Phi) is 2.18. The van der Waals surface area contributed by atoms with Crippen molar-refractivity contribution in [3.8, 4) is 0 Å². The third-order valence-electron chi connectivity index (χ3n) is 1.11. The van der Waals surface area contributed by atoms with E-state index in [1.165, 1.54) is 0 Å². The summed E-state index contributed by atoms with van der Waals surface area (Å²) < 4.78 is 0. The summed E-state index contributed by atoms with van der Waals surface area (Å²) in [6.45, 7) is 2.13. The summed E-state index contributed by atoms with van der Waals surface area (Å²) >= 11 is 0. The van der Waals surface area contributed by atoms with E-state index in [2.05, 4.69) is 27.9 Å². The maximum absolute atomic E-state index is 3.68. The van der Waals surface area contributed by atoms with Crippen LogP contribution in [-0.4, -0.2) is 5.84 Å². The molecule has 1 rings (SSSR count). The van der Waals surface area contributed by atoms with Gasteiger partial charge in [0.15, 0.2) is 5.84 Å². The topological polar surface area (TPSA) is 51.2 Å². The van der Waals surface area contributed by atoms with Crippen LogP contribution in [0.1, 0.15) is 26.2 Å². The molecule has 0 aromatic rings. The van der Waals surface area contributed by atoms with Gasteiger partial charge in [0.25, 0.3) is 0 Å². The van der Waals surface area contributed by atoms with Crippen LogP contribution in [0.25, 0.3) is 0 Å². The van der Waals surface area contributed by atoms with Gasteiger partial charge in [0.1, 0.15) is 0 Å². The number of nitrogens with zero attached hydrogens (tertiary/aromatic N) is 4. The fourth-order valence-electron chi connectivity index (χ4n) is 0.598. The second kappa shape index (κ2) is 3.17. The average molecular weight is 125 g/mol. The predicted octanol–water partition coefficient (Wildman–Crippen LogP) is 1.48. The maximum atomic E-state index is 3.68. The lowest BCUT2D eigenvalue weighted by molar-refractivity contribution is 0.778. The van der Waals surface area contributed by atoms with E-state index in [9.17, 15) is 0 Å². The largest absolute Gasteiger partial charge is 0.177 e. The molecule has 0 aromatic carbocycles. The Labute approximate surface area is 54.0 Å². The minimum absolute atomic E-state index is 0.761. The van der Waals surface area contributed by atoms with Crippen molar-refractivity contribution in [3.05, 3.63) is 0 Å². The molecule has 0 amide bonds. The highest BCUT2D eigenvalue weighted by molar-refractivity contribution is 5.82. The number of hydrogen-bond donors (Lipinski definition) is 0. The van der Waals surface area contributed by atoms with Gasteiger partial charge < -0.3 is 0 Å². The van der Waals surface area contributed by atoms with Crippen LogP contribution in [-0.2, 0) is 0 Å². The van der Waals surface area contributed by atoms with Crippen LogP contribution in [0.4, 0.5) is 0 Å². The summed E-state index contributed by atoms with van der Waals surface area (Å²) in [4.78, 5) is 0. The first-order valence-electron chi connectivity index (χ1n) is 3.11. The first-order chi connectivity index (χ1) is 4.43. The van der Waals surface area contributed by atoms with Crippen LogP contribution in [0.15, 0.2) is 15.4 Å². The summed E-state index contributed by atoms with van der Waals surface area (Å²) in [5.41, 5.74) is 3.36. The van der Waals surface area contributed by atoms with E-state index in [0.717, 1.165) is 25.1 Å². The average Bonchev–Trinajstić information content (AvgIpc) is 2.34. The molecule has 1 aliphatic rings. The lowest BCUT2D eigenvalue weighted by atomic mass is 10.2. The molecule has 0 unspecified atom stereocenters. The Morgan fingerprint density at radius 2 is 2.33 bits per heavy atom. The van der Waals surface area contributed by atoms with Gasteiger partial charge in [0, 0.05) is 6.42 Å². The molecule has 1 radical (unpaired) electrons. The van der Waals surface area contributed by atoms with E-state index < -0.39 is 0 Å². The summed E-state index contributed by atoms with van der Waals surface area (Å²) in [7, 11) is 0. The summed E-state index contributed by atoms with van der Waals surface area (Å²) in [6, 6.07) is 0. The Morgan fingerprint density at radius 3 is 2.89 bits per heavy atom. The third kappa shape index (κ3) is 1.79. The molecule has 0 saturated carbocycles. The summed E-state index contributed by atoms with van der Waals surface area (Å²) in [5, 5.41) is 10.7. The molecule has 0 fully saturated rings. The molecule has 0 N–H and O–H groups in total. The second-order valence-corrected chi connectivity index (χ2v) is 1.90. The summed E-state index contributed by atoms with van der Waals surface area (Å²) in [5.74, 6) is 0.761. The quantitative estimate of drug-likeness (QED) is 0.548. The van der Waals surface area contributed by atoms with Crippen molar-refractivity contribution < 1.29 is 0 Å². The highest BCUT2D eigenvalue weighted by atomic mass is 15.6. The molecule has 4 nitrogen and oxygen atoms in total. The van der Waals surface area contributed by atoms with Crippen molar-refractivity contribution in [1.29, 1.82) is 0 Å². The van der Waals surface area contributed by atoms with Crippen molar-refractivity contribution in [3.63, 3.8) is 0 Å². The Hall–Kier alpha value is -0.930. The highest BCUT2D eigenvalue weighted by Crippen LogP contribution is 2.01. The molecule has 0 bridgehead atoms. The Balaban J connectivity index is 2.19. The fourth-order valence-corrected chi connectivity index (χ4v) is 0.598.